The molecule has 0 unspecified atom stereocenters. The molecule has 1 saturated carbocycles. The molecule has 19 heavy (non-hydrogen) atoms. The number of nitrogens with one attached hydrogen (secondary N) is 1. The molecule has 2 N–H and O–H groups in total. The van der Waals surface area contributed by atoms with Crippen LogP contribution in [0.25, 0.3) is 0 Å². The number of anilines is 1. The molecule has 3 nitrogen and oxygen atoms in total. The minimum atomic E-state index is 0.105. The van der Waals surface area contributed by atoms with E-state index in [0.717, 1.165) is 36.4 Å². The van der Waals surface area contributed by atoms with E-state index in [2.05, 4.69) is 32.2 Å². The van der Waals surface area contributed by atoms with Gasteiger partial charge in [0.1, 0.15) is 5.75 Å². The fourth-order valence-corrected chi connectivity index (χ4v) is 2.91. The number of benzene rings is 1. The number of aliphatic hydroxyl groups excluding tert-OH is 1. The van der Waals surface area contributed by atoms with Gasteiger partial charge in [-0.15, -0.1) is 0 Å². The average Bonchev–Trinajstić information content (AvgIpc) is 2.35. The van der Waals surface area contributed by atoms with Gasteiger partial charge in [-0.2, -0.15) is 0 Å². The standard InChI is InChI=1S/C16H25NO2/c1-11-8-14(12(2)13(3)15(11)19-4)17-9-16(10-18)6-5-7-16/h8,17-18H,5-7,9-10H2,1-4H3. The van der Waals surface area contributed by atoms with Gasteiger partial charge in [-0.25, -0.2) is 0 Å². The zero-order chi connectivity index (χ0) is 14.0. The van der Waals surface area contributed by atoms with Crippen molar-refractivity contribution in [2.24, 2.45) is 5.41 Å². The van der Waals surface area contributed by atoms with Crippen molar-refractivity contribution in [1.29, 1.82) is 0 Å². The molecule has 1 aliphatic rings. The molecule has 0 amide bonds. The number of methoxy groups -OCH3 is 1. The fraction of sp³-hybridized carbons (Fsp3) is 0.625. The van der Waals surface area contributed by atoms with E-state index in [9.17, 15) is 5.11 Å². The van der Waals surface area contributed by atoms with Crippen molar-refractivity contribution in [3.63, 3.8) is 0 Å². The maximum atomic E-state index is 9.52. The first-order valence-corrected chi connectivity index (χ1v) is 7.02. The predicted molar refractivity (Wildman–Crippen MR) is 79.1 cm³/mol. The number of ether oxygens (including phenoxy) is 1. The fourth-order valence-electron chi connectivity index (χ4n) is 2.91. The first-order chi connectivity index (χ1) is 9.03. The van der Waals surface area contributed by atoms with Crippen LogP contribution in [0.1, 0.15) is 36.0 Å². The maximum absolute atomic E-state index is 9.52. The van der Waals surface area contributed by atoms with Crippen LogP contribution in [0, 0.1) is 26.2 Å². The minimum absolute atomic E-state index is 0.105. The number of hydrogen-bond acceptors (Lipinski definition) is 3. The largest absolute Gasteiger partial charge is 0.496 e. The second-order valence-electron chi connectivity index (χ2n) is 5.89. The number of hydrogen-bond donors (Lipinski definition) is 2. The van der Waals surface area contributed by atoms with Gasteiger partial charge in [0.15, 0.2) is 0 Å². The Labute approximate surface area is 116 Å². The SMILES string of the molecule is COc1c(C)cc(NCC2(CO)CCC2)c(C)c1C. The van der Waals surface area contributed by atoms with E-state index in [1.165, 1.54) is 17.5 Å². The van der Waals surface area contributed by atoms with Crippen LogP contribution in [0.3, 0.4) is 0 Å². The Morgan fingerprint density at radius 3 is 2.42 bits per heavy atom. The van der Waals surface area contributed by atoms with E-state index in [-0.39, 0.29) is 12.0 Å². The van der Waals surface area contributed by atoms with Crippen LogP contribution in [0.15, 0.2) is 6.07 Å². The van der Waals surface area contributed by atoms with Crippen molar-refractivity contribution in [3.05, 3.63) is 22.8 Å². The maximum Gasteiger partial charge on any atom is 0.125 e. The molecule has 0 aromatic heterocycles. The van der Waals surface area contributed by atoms with Crippen LogP contribution in [0.5, 0.6) is 5.75 Å². The number of aryl methyl sites for hydroxylation is 1. The van der Waals surface area contributed by atoms with Crippen LogP contribution in [-0.4, -0.2) is 25.4 Å². The molecule has 106 valence electrons. The van der Waals surface area contributed by atoms with Gasteiger partial charge in [-0.1, -0.05) is 6.42 Å². The Bertz CT molecular complexity index is 459. The lowest BCUT2D eigenvalue weighted by atomic mass is 9.69. The Morgan fingerprint density at radius 2 is 1.95 bits per heavy atom. The Balaban J connectivity index is 2.17. The number of rotatable bonds is 5. The first-order valence-electron chi connectivity index (χ1n) is 7.02. The van der Waals surface area contributed by atoms with Crippen molar-refractivity contribution < 1.29 is 9.84 Å². The topological polar surface area (TPSA) is 41.5 Å². The molecule has 2 rings (SSSR count). The molecule has 1 aliphatic carbocycles. The van der Waals surface area contributed by atoms with E-state index < -0.39 is 0 Å². The second kappa shape index (κ2) is 5.41. The highest BCUT2D eigenvalue weighted by atomic mass is 16.5. The summed E-state index contributed by atoms with van der Waals surface area (Å²) in [5.74, 6) is 0.976. The molecule has 0 heterocycles. The highest BCUT2D eigenvalue weighted by Gasteiger charge is 2.36. The third kappa shape index (κ3) is 2.57. The summed E-state index contributed by atoms with van der Waals surface area (Å²) in [6, 6.07) is 2.14. The Morgan fingerprint density at radius 1 is 1.26 bits per heavy atom. The monoisotopic (exact) mass is 263 g/mol. The summed E-state index contributed by atoms with van der Waals surface area (Å²) in [6.07, 6.45) is 3.50. The van der Waals surface area contributed by atoms with Crippen molar-refractivity contribution in [2.75, 3.05) is 25.6 Å². The molecule has 0 aliphatic heterocycles. The quantitative estimate of drug-likeness (QED) is 0.857. The molecule has 1 aromatic carbocycles. The van der Waals surface area contributed by atoms with Crippen molar-refractivity contribution >= 4 is 5.69 Å². The summed E-state index contributed by atoms with van der Waals surface area (Å²) in [6.45, 7) is 7.42. The van der Waals surface area contributed by atoms with Gasteiger partial charge in [0.05, 0.1) is 13.7 Å². The molecule has 0 radical (unpaired) electrons. The van der Waals surface area contributed by atoms with Crippen LogP contribution in [-0.2, 0) is 0 Å². The van der Waals surface area contributed by atoms with E-state index in [1.54, 1.807) is 7.11 Å². The lowest BCUT2D eigenvalue weighted by Crippen LogP contribution is -2.39. The van der Waals surface area contributed by atoms with E-state index in [0.29, 0.717) is 0 Å². The normalized spacial score (nSPS) is 16.9. The molecule has 0 spiro atoms. The van der Waals surface area contributed by atoms with Gasteiger partial charge in [0.25, 0.3) is 0 Å². The van der Waals surface area contributed by atoms with E-state index in [4.69, 9.17) is 4.74 Å². The molecule has 0 saturated heterocycles. The summed E-state index contributed by atoms with van der Waals surface area (Å²) < 4.78 is 5.44. The van der Waals surface area contributed by atoms with Gasteiger partial charge in [-0.05, 0) is 56.4 Å². The first kappa shape index (κ1) is 14.2. The van der Waals surface area contributed by atoms with Crippen molar-refractivity contribution in [2.45, 2.75) is 40.0 Å². The van der Waals surface area contributed by atoms with Gasteiger partial charge in [0, 0.05) is 17.6 Å². The highest BCUT2D eigenvalue weighted by molar-refractivity contribution is 5.61. The molecular weight excluding hydrogens is 238 g/mol. The van der Waals surface area contributed by atoms with Crippen molar-refractivity contribution in [1.82, 2.24) is 0 Å². The van der Waals surface area contributed by atoms with E-state index >= 15 is 0 Å². The molecule has 1 aromatic rings. The van der Waals surface area contributed by atoms with Crippen LogP contribution >= 0.6 is 0 Å². The van der Waals surface area contributed by atoms with Gasteiger partial charge < -0.3 is 15.2 Å². The minimum Gasteiger partial charge on any atom is -0.496 e. The lowest BCUT2D eigenvalue weighted by Gasteiger charge is -2.40. The summed E-state index contributed by atoms with van der Waals surface area (Å²) in [5.41, 5.74) is 4.84. The van der Waals surface area contributed by atoms with Gasteiger partial charge >= 0.3 is 0 Å². The molecule has 1 fully saturated rings. The molecule has 3 heteroatoms. The Hall–Kier alpha value is -1.22. The highest BCUT2D eigenvalue weighted by Crippen LogP contribution is 2.41. The zero-order valence-corrected chi connectivity index (χ0v) is 12.5. The molecule has 0 atom stereocenters. The molecular formula is C16H25NO2. The van der Waals surface area contributed by atoms with Crippen molar-refractivity contribution in [3.8, 4) is 5.75 Å². The Kier molecular flexibility index (Phi) is 4.04. The third-order valence-electron chi connectivity index (χ3n) is 4.63. The molecule has 0 bridgehead atoms. The summed E-state index contributed by atoms with van der Waals surface area (Å²) in [4.78, 5) is 0. The third-order valence-corrected chi connectivity index (χ3v) is 4.63. The summed E-state index contributed by atoms with van der Waals surface area (Å²) in [7, 11) is 1.72. The van der Waals surface area contributed by atoms with Gasteiger partial charge in [0.2, 0.25) is 0 Å². The van der Waals surface area contributed by atoms with Crippen LogP contribution < -0.4 is 10.1 Å². The predicted octanol–water partition coefficient (Wildman–Crippen LogP) is 3.19. The summed E-state index contributed by atoms with van der Waals surface area (Å²) in [5, 5.41) is 13.0. The lowest BCUT2D eigenvalue weighted by molar-refractivity contribution is 0.0576. The van der Waals surface area contributed by atoms with Gasteiger partial charge in [-0.3, -0.25) is 0 Å². The van der Waals surface area contributed by atoms with Crippen LogP contribution in [0.4, 0.5) is 5.69 Å². The summed E-state index contributed by atoms with van der Waals surface area (Å²) >= 11 is 0. The smallest absolute Gasteiger partial charge is 0.125 e. The second-order valence-corrected chi connectivity index (χ2v) is 5.89. The average molecular weight is 263 g/mol. The zero-order valence-electron chi connectivity index (χ0n) is 12.5. The number of aliphatic hydroxyl groups is 1. The van der Waals surface area contributed by atoms with E-state index in [1.807, 2.05) is 0 Å². The van der Waals surface area contributed by atoms with Crippen LogP contribution in [0.2, 0.25) is 0 Å².